The summed E-state index contributed by atoms with van der Waals surface area (Å²) in [5, 5.41) is 5.63. The van der Waals surface area contributed by atoms with Crippen LogP contribution in [0.4, 0.5) is 4.79 Å². The van der Waals surface area contributed by atoms with Crippen molar-refractivity contribution in [3.8, 4) is 0 Å². The fraction of sp³-hybridized carbons (Fsp3) is 0.556. The fourth-order valence-electron chi connectivity index (χ4n) is 3.22. The molecule has 0 bridgehead atoms. The molecular weight excluding hydrogens is 320 g/mol. The first-order chi connectivity index (χ1) is 12.2. The molecule has 7 nitrogen and oxygen atoms in total. The van der Waals surface area contributed by atoms with Crippen LogP contribution in [-0.4, -0.2) is 73.7 Å². The fourth-order valence-corrected chi connectivity index (χ4v) is 3.22. The molecule has 1 atom stereocenters. The summed E-state index contributed by atoms with van der Waals surface area (Å²) < 4.78 is 5.74. The number of hydrogen-bond acceptors (Lipinski definition) is 4. The Morgan fingerprint density at radius 2 is 2.12 bits per heavy atom. The highest BCUT2D eigenvalue weighted by Crippen LogP contribution is 2.12. The van der Waals surface area contributed by atoms with Gasteiger partial charge in [0.1, 0.15) is 0 Å². The van der Waals surface area contributed by atoms with Crippen LogP contribution in [0.2, 0.25) is 0 Å². The van der Waals surface area contributed by atoms with Gasteiger partial charge in [0.2, 0.25) is 5.91 Å². The molecule has 3 amide bonds. The molecule has 2 N–H and O–H groups in total. The summed E-state index contributed by atoms with van der Waals surface area (Å²) in [5.74, 6) is -0.0221. The molecule has 2 saturated heterocycles. The largest absolute Gasteiger partial charge is 0.375 e. The van der Waals surface area contributed by atoms with Gasteiger partial charge in [0.25, 0.3) is 0 Å². The average Bonchev–Trinajstić information content (AvgIpc) is 3.01. The summed E-state index contributed by atoms with van der Waals surface area (Å²) >= 11 is 0. The van der Waals surface area contributed by atoms with E-state index in [0.29, 0.717) is 39.2 Å². The van der Waals surface area contributed by atoms with Gasteiger partial charge in [-0.2, -0.15) is 0 Å². The summed E-state index contributed by atoms with van der Waals surface area (Å²) in [6.45, 7) is 5.59. The molecule has 25 heavy (non-hydrogen) atoms. The molecule has 7 heteroatoms. The molecule has 1 unspecified atom stereocenters. The molecule has 1 aromatic carbocycles. The van der Waals surface area contributed by atoms with E-state index in [-0.39, 0.29) is 18.0 Å². The molecule has 2 aliphatic heterocycles. The zero-order valence-electron chi connectivity index (χ0n) is 14.4. The second-order valence-electron chi connectivity index (χ2n) is 6.49. The predicted molar refractivity (Wildman–Crippen MR) is 94.1 cm³/mol. The van der Waals surface area contributed by atoms with E-state index in [1.54, 1.807) is 4.90 Å². The monoisotopic (exact) mass is 346 g/mol. The van der Waals surface area contributed by atoms with Crippen molar-refractivity contribution in [3.63, 3.8) is 0 Å². The van der Waals surface area contributed by atoms with E-state index in [4.69, 9.17) is 4.74 Å². The van der Waals surface area contributed by atoms with Gasteiger partial charge >= 0.3 is 6.03 Å². The molecule has 1 aromatic rings. The Labute approximate surface area is 148 Å². The first kappa shape index (κ1) is 17.7. The number of carbonyl (C=O) groups is 2. The molecule has 2 fully saturated rings. The second-order valence-corrected chi connectivity index (χ2v) is 6.49. The van der Waals surface area contributed by atoms with Crippen molar-refractivity contribution in [2.24, 2.45) is 0 Å². The number of amides is 3. The molecule has 2 aliphatic rings. The number of carbonyl (C=O) groups excluding carboxylic acids is 2. The molecule has 0 radical (unpaired) electrons. The lowest BCUT2D eigenvalue weighted by molar-refractivity contribution is -0.126. The molecule has 136 valence electrons. The zero-order valence-corrected chi connectivity index (χ0v) is 14.4. The van der Waals surface area contributed by atoms with Crippen LogP contribution in [0.1, 0.15) is 12.0 Å². The topological polar surface area (TPSA) is 73.9 Å². The Morgan fingerprint density at radius 3 is 2.88 bits per heavy atom. The Bertz CT molecular complexity index is 581. The van der Waals surface area contributed by atoms with Crippen molar-refractivity contribution in [3.05, 3.63) is 35.9 Å². The minimum absolute atomic E-state index is 0.0221. The lowest BCUT2D eigenvalue weighted by Crippen LogP contribution is -2.44. The number of nitrogens with zero attached hydrogens (tertiary/aromatic N) is 2. The van der Waals surface area contributed by atoms with Crippen molar-refractivity contribution >= 4 is 11.9 Å². The molecule has 0 aliphatic carbocycles. The van der Waals surface area contributed by atoms with Crippen molar-refractivity contribution in [1.82, 2.24) is 20.4 Å². The summed E-state index contributed by atoms with van der Waals surface area (Å²) in [7, 11) is 0. The first-order valence-corrected chi connectivity index (χ1v) is 8.88. The van der Waals surface area contributed by atoms with Crippen LogP contribution in [0, 0.1) is 0 Å². The quantitative estimate of drug-likeness (QED) is 0.750. The number of benzene rings is 1. The Balaban J connectivity index is 1.36. The molecule has 0 saturated carbocycles. The van der Waals surface area contributed by atoms with E-state index in [9.17, 15) is 9.59 Å². The van der Waals surface area contributed by atoms with Crippen LogP contribution >= 0.6 is 0 Å². The van der Waals surface area contributed by atoms with E-state index in [1.165, 1.54) is 5.56 Å². The summed E-state index contributed by atoms with van der Waals surface area (Å²) in [6.07, 6.45) is 0.282. The second kappa shape index (κ2) is 8.82. The van der Waals surface area contributed by atoms with E-state index in [0.717, 1.165) is 19.6 Å². The smallest absolute Gasteiger partial charge is 0.317 e. The van der Waals surface area contributed by atoms with Gasteiger partial charge in [0.05, 0.1) is 19.1 Å². The van der Waals surface area contributed by atoms with Crippen LogP contribution in [0.15, 0.2) is 30.3 Å². The Hall–Kier alpha value is -2.12. The number of nitrogens with one attached hydrogen (secondary N) is 2. The molecule has 0 spiro atoms. The highest BCUT2D eigenvalue weighted by Gasteiger charge is 2.23. The van der Waals surface area contributed by atoms with E-state index in [2.05, 4.69) is 27.7 Å². The van der Waals surface area contributed by atoms with Crippen molar-refractivity contribution in [2.75, 3.05) is 45.9 Å². The van der Waals surface area contributed by atoms with Gasteiger partial charge in [0.15, 0.2) is 0 Å². The molecular formula is C18H26N4O3. The van der Waals surface area contributed by atoms with Crippen molar-refractivity contribution < 1.29 is 14.3 Å². The van der Waals surface area contributed by atoms with Gasteiger partial charge in [0, 0.05) is 45.8 Å². The molecule has 0 aromatic heterocycles. The number of urea groups is 1. The first-order valence-electron chi connectivity index (χ1n) is 8.88. The zero-order chi connectivity index (χ0) is 17.5. The third-order valence-corrected chi connectivity index (χ3v) is 4.53. The number of ether oxygens (including phenoxy) is 1. The minimum atomic E-state index is -0.0763. The molecule has 2 heterocycles. The van der Waals surface area contributed by atoms with Crippen LogP contribution in [0.25, 0.3) is 0 Å². The van der Waals surface area contributed by atoms with Gasteiger partial charge in [-0.25, -0.2) is 4.79 Å². The third-order valence-electron chi connectivity index (χ3n) is 4.53. The summed E-state index contributed by atoms with van der Waals surface area (Å²) in [4.78, 5) is 27.6. The van der Waals surface area contributed by atoms with Gasteiger partial charge in [-0.15, -0.1) is 0 Å². The van der Waals surface area contributed by atoms with Crippen LogP contribution in [-0.2, 0) is 16.1 Å². The van der Waals surface area contributed by atoms with Crippen LogP contribution < -0.4 is 10.6 Å². The predicted octanol–water partition coefficient (Wildman–Crippen LogP) is 0.419. The van der Waals surface area contributed by atoms with Crippen LogP contribution in [0.5, 0.6) is 0 Å². The normalized spacial score (nSPS) is 21.2. The van der Waals surface area contributed by atoms with E-state index < -0.39 is 0 Å². The maximum Gasteiger partial charge on any atom is 0.317 e. The number of hydrogen-bond donors (Lipinski definition) is 2. The van der Waals surface area contributed by atoms with E-state index >= 15 is 0 Å². The summed E-state index contributed by atoms with van der Waals surface area (Å²) in [6, 6.07) is 10.3. The third kappa shape index (κ3) is 5.44. The van der Waals surface area contributed by atoms with Gasteiger partial charge in [-0.3, -0.25) is 9.69 Å². The Kier molecular flexibility index (Phi) is 6.25. The van der Waals surface area contributed by atoms with Gasteiger partial charge < -0.3 is 20.3 Å². The Morgan fingerprint density at radius 1 is 1.28 bits per heavy atom. The van der Waals surface area contributed by atoms with Crippen molar-refractivity contribution in [1.29, 1.82) is 0 Å². The van der Waals surface area contributed by atoms with Crippen LogP contribution in [0.3, 0.4) is 0 Å². The standard InChI is InChI=1S/C18H26N4O3/c23-17(19-6-8-22-9-7-20-18(22)24)12-16-14-21(10-11-25-16)13-15-4-2-1-3-5-15/h1-5,16H,6-14H2,(H,19,23)(H,20,24). The highest BCUT2D eigenvalue weighted by atomic mass is 16.5. The molecule has 3 rings (SSSR count). The van der Waals surface area contributed by atoms with Crippen molar-refractivity contribution in [2.45, 2.75) is 19.1 Å². The maximum atomic E-state index is 12.1. The lowest BCUT2D eigenvalue weighted by Gasteiger charge is -2.32. The summed E-state index contributed by atoms with van der Waals surface area (Å²) in [5.41, 5.74) is 1.27. The highest BCUT2D eigenvalue weighted by molar-refractivity contribution is 5.77. The van der Waals surface area contributed by atoms with Gasteiger partial charge in [-0.05, 0) is 5.56 Å². The minimum Gasteiger partial charge on any atom is -0.375 e. The van der Waals surface area contributed by atoms with E-state index in [1.807, 2.05) is 18.2 Å². The van der Waals surface area contributed by atoms with Gasteiger partial charge in [-0.1, -0.05) is 30.3 Å². The number of rotatable bonds is 7. The SMILES string of the molecule is O=C(CC1CN(Cc2ccccc2)CCO1)NCCN1CCNC1=O. The number of morpholine rings is 1. The maximum absolute atomic E-state index is 12.1. The lowest BCUT2D eigenvalue weighted by atomic mass is 10.1. The average molecular weight is 346 g/mol.